The van der Waals surface area contributed by atoms with Crippen LogP contribution in [0.25, 0.3) is 0 Å². The van der Waals surface area contributed by atoms with Gasteiger partial charge in [0.2, 0.25) is 0 Å². The molecule has 1 saturated heterocycles. The molecule has 0 aromatic rings. The van der Waals surface area contributed by atoms with Crippen LogP contribution < -0.4 is 5.32 Å². The van der Waals surface area contributed by atoms with E-state index in [1.54, 1.807) is 0 Å². The van der Waals surface area contributed by atoms with Gasteiger partial charge in [-0.3, -0.25) is 0 Å². The van der Waals surface area contributed by atoms with Crippen molar-refractivity contribution >= 4 is 11.8 Å². The monoisotopic (exact) mass is 298 g/mol. The summed E-state index contributed by atoms with van der Waals surface area (Å²) >= 11 is 2.12. The van der Waals surface area contributed by atoms with Crippen LogP contribution in [0.5, 0.6) is 0 Å². The van der Waals surface area contributed by atoms with Crippen LogP contribution >= 0.6 is 11.8 Å². The van der Waals surface area contributed by atoms with Gasteiger partial charge in [-0.15, -0.1) is 0 Å². The van der Waals surface area contributed by atoms with Crippen molar-refractivity contribution in [2.75, 3.05) is 31.6 Å². The normalized spacial score (nSPS) is 27.9. The summed E-state index contributed by atoms with van der Waals surface area (Å²) in [6, 6.07) is 1.61. The Bertz CT molecular complexity index is 274. The third-order valence-electron chi connectivity index (χ3n) is 4.93. The molecule has 0 aromatic heterocycles. The Morgan fingerprint density at radius 1 is 1.20 bits per heavy atom. The van der Waals surface area contributed by atoms with E-state index < -0.39 is 0 Å². The molecule has 0 radical (unpaired) electrons. The van der Waals surface area contributed by atoms with Crippen LogP contribution in [0.1, 0.15) is 58.8 Å². The molecule has 0 bridgehead atoms. The molecule has 20 heavy (non-hydrogen) atoms. The van der Waals surface area contributed by atoms with E-state index in [1.165, 1.54) is 69.5 Å². The summed E-state index contributed by atoms with van der Waals surface area (Å²) in [6.45, 7) is 7.27. The van der Waals surface area contributed by atoms with Crippen molar-refractivity contribution in [1.82, 2.24) is 10.2 Å². The van der Waals surface area contributed by atoms with E-state index in [2.05, 4.69) is 42.9 Å². The quantitative estimate of drug-likeness (QED) is 0.752. The molecule has 0 spiro atoms. The van der Waals surface area contributed by atoms with E-state index in [1.807, 2.05) is 0 Å². The van der Waals surface area contributed by atoms with Gasteiger partial charge in [-0.05, 0) is 57.0 Å². The Morgan fingerprint density at radius 3 is 2.65 bits per heavy atom. The van der Waals surface area contributed by atoms with Gasteiger partial charge in [-0.1, -0.05) is 33.1 Å². The van der Waals surface area contributed by atoms with Crippen molar-refractivity contribution in [2.24, 2.45) is 5.41 Å². The van der Waals surface area contributed by atoms with Crippen molar-refractivity contribution in [2.45, 2.75) is 70.9 Å². The van der Waals surface area contributed by atoms with Gasteiger partial charge < -0.3 is 10.2 Å². The third kappa shape index (κ3) is 5.57. The maximum atomic E-state index is 3.79. The fourth-order valence-electron chi connectivity index (χ4n) is 3.73. The molecule has 0 amide bonds. The van der Waals surface area contributed by atoms with Crippen molar-refractivity contribution in [1.29, 1.82) is 0 Å². The number of hydrogen-bond donors (Lipinski definition) is 1. The summed E-state index contributed by atoms with van der Waals surface area (Å²) < 4.78 is 0. The summed E-state index contributed by atoms with van der Waals surface area (Å²) in [5.74, 6) is 2.64. The highest BCUT2D eigenvalue weighted by Crippen LogP contribution is 2.33. The van der Waals surface area contributed by atoms with E-state index in [-0.39, 0.29) is 0 Å². The lowest BCUT2D eigenvalue weighted by molar-refractivity contribution is 0.188. The van der Waals surface area contributed by atoms with Gasteiger partial charge in [0.15, 0.2) is 0 Å². The molecular weight excluding hydrogens is 264 g/mol. The highest BCUT2D eigenvalue weighted by atomic mass is 32.2. The minimum absolute atomic E-state index is 0.527. The van der Waals surface area contributed by atoms with Crippen LogP contribution in [0.2, 0.25) is 0 Å². The fraction of sp³-hybridized carbons (Fsp3) is 1.00. The Labute approximate surface area is 130 Å². The second kappa shape index (κ2) is 8.05. The summed E-state index contributed by atoms with van der Waals surface area (Å²) in [5, 5.41) is 3.79. The van der Waals surface area contributed by atoms with Crippen LogP contribution in [0.4, 0.5) is 0 Å². The molecule has 118 valence electrons. The maximum absolute atomic E-state index is 3.79. The molecule has 2 fully saturated rings. The predicted molar refractivity (Wildman–Crippen MR) is 91.6 cm³/mol. The van der Waals surface area contributed by atoms with Gasteiger partial charge in [-0.25, -0.2) is 0 Å². The minimum atomic E-state index is 0.527. The second-order valence-electron chi connectivity index (χ2n) is 7.66. The van der Waals surface area contributed by atoms with Crippen molar-refractivity contribution in [3.8, 4) is 0 Å². The van der Waals surface area contributed by atoms with Crippen LogP contribution in [-0.2, 0) is 0 Å². The summed E-state index contributed by atoms with van der Waals surface area (Å²) in [4.78, 5) is 2.61. The molecule has 1 aliphatic carbocycles. The molecular formula is C17H34N2S. The molecule has 2 aliphatic rings. The van der Waals surface area contributed by atoms with Gasteiger partial charge in [0.1, 0.15) is 0 Å². The lowest BCUT2D eigenvalue weighted by Crippen LogP contribution is -2.41. The van der Waals surface area contributed by atoms with Crippen molar-refractivity contribution < 1.29 is 0 Å². The van der Waals surface area contributed by atoms with E-state index in [0.717, 1.165) is 12.1 Å². The number of hydrogen-bond acceptors (Lipinski definition) is 3. The van der Waals surface area contributed by atoms with Gasteiger partial charge in [-0.2, -0.15) is 11.8 Å². The van der Waals surface area contributed by atoms with Crippen molar-refractivity contribution in [3.63, 3.8) is 0 Å². The number of nitrogens with zero attached hydrogens (tertiary/aromatic N) is 1. The smallest absolute Gasteiger partial charge is 0.0163 e. The highest BCUT2D eigenvalue weighted by Gasteiger charge is 2.27. The van der Waals surface area contributed by atoms with E-state index in [4.69, 9.17) is 0 Å². The lowest BCUT2D eigenvalue weighted by Gasteiger charge is -2.35. The van der Waals surface area contributed by atoms with E-state index in [0.29, 0.717) is 5.41 Å². The SMILES string of the molecule is CN(CCCNC1CSCC(C)(C)C1)C1CCCCC1. The number of rotatable bonds is 6. The Balaban J connectivity index is 1.56. The highest BCUT2D eigenvalue weighted by molar-refractivity contribution is 7.99. The molecule has 1 N–H and O–H groups in total. The molecule has 1 saturated carbocycles. The zero-order valence-electron chi connectivity index (χ0n) is 13.8. The van der Waals surface area contributed by atoms with Gasteiger partial charge in [0.05, 0.1) is 0 Å². The second-order valence-corrected chi connectivity index (χ2v) is 8.69. The molecule has 1 unspecified atom stereocenters. The van der Waals surface area contributed by atoms with E-state index in [9.17, 15) is 0 Å². The lowest BCUT2D eigenvalue weighted by atomic mass is 9.88. The zero-order chi connectivity index (χ0) is 14.4. The Hall–Kier alpha value is 0.270. The minimum Gasteiger partial charge on any atom is -0.313 e. The largest absolute Gasteiger partial charge is 0.313 e. The molecule has 1 heterocycles. The van der Waals surface area contributed by atoms with Gasteiger partial charge in [0, 0.05) is 17.8 Å². The first-order valence-electron chi connectivity index (χ1n) is 8.58. The molecule has 3 heteroatoms. The van der Waals surface area contributed by atoms with Crippen LogP contribution in [0.3, 0.4) is 0 Å². The maximum Gasteiger partial charge on any atom is 0.0163 e. The van der Waals surface area contributed by atoms with Crippen molar-refractivity contribution in [3.05, 3.63) is 0 Å². The number of nitrogens with one attached hydrogen (secondary N) is 1. The van der Waals surface area contributed by atoms with Crippen LogP contribution in [0, 0.1) is 5.41 Å². The van der Waals surface area contributed by atoms with Crippen LogP contribution in [-0.4, -0.2) is 48.6 Å². The Kier molecular flexibility index (Phi) is 6.70. The van der Waals surface area contributed by atoms with Gasteiger partial charge >= 0.3 is 0 Å². The average molecular weight is 299 g/mol. The number of thioether (sulfide) groups is 1. The Morgan fingerprint density at radius 2 is 1.95 bits per heavy atom. The predicted octanol–water partition coefficient (Wildman–Crippen LogP) is 3.76. The molecule has 0 aromatic carbocycles. The molecule has 1 aliphatic heterocycles. The fourth-order valence-corrected chi connectivity index (χ4v) is 5.04. The topological polar surface area (TPSA) is 15.3 Å². The first-order chi connectivity index (χ1) is 9.57. The molecule has 2 nitrogen and oxygen atoms in total. The summed E-state index contributed by atoms with van der Waals surface area (Å²) in [6.07, 6.45) is 9.85. The first-order valence-corrected chi connectivity index (χ1v) is 9.74. The first kappa shape index (κ1) is 16.6. The van der Waals surface area contributed by atoms with E-state index >= 15 is 0 Å². The van der Waals surface area contributed by atoms with Crippen LogP contribution in [0.15, 0.2) is 0 Å². The molecule has 2 rings (SSSR count). The third-order valence-corrected chi connectivity index (χ3v) is 6.55. The average Bonchev–Trinajstić information content (AvgIpc) is 2.43. The standard InChI is InChI=1S/C17H34N2S/c1-17(2)12-15(13-20-14-17)18-10-7-11-19(3)16-8-5-4-6-9-16/h15-16,18H,4-14H2,1-3H3. The summed E-state index contributed by atoms with van der Waals surface area (Å²) in [5.41, 5.74) is 0.527. The molecule has 1 atom stereocenters. The van der Waals surface area contributed by atoms with Gasteiger partial charge in [0.25, 0.3) is 0 Å². The summed E-state index contributed by atoms with van der Waals surface area (Å²) in [7, 11) is 2.33. The zero-order valence-corrected chi connectivity index (χ0v) is 14.6.